The van der Waals surface area contributed by atoms with E-state index in [0.29, 0.717) is 30.0 Å². The van der Waals surface area contributed by atoms with Gasteiger partial charge in [-0.15, -0.1) is 6.42 Å². The second-order valence-corrected chi connectivity index (χ2v) is 11.2. The highest BCUT2D eigenvalue weighted by atomic mass is 19.4. The molecule has 1 aliphatic rings. The number of Topliss-reactive ketones (excluding diaryl/α,β-unsaturated/α-hetero) is 1. The molecule has 2 N–H and O–H groups in total. The van der Waals surface area contributed by atoms with Gasteiger partial charge in [0.15, 0.2) is 0 Å². The minimum Gasteiger partial charge on any atom is -0.308 e. The Hall–Kier alpha value is -4.31. The molecule has 1 aliphatic carbocycles. The number of hydrogen-bond donors (Lipinski definition) is 2. The van der Waals surface area contributed by atoms with Crippen LogP contribution in [0.1, 0.15) is 68.3 Å². The van der Waals surface area contributed by atoms with Gasteiger partial charge in [0.05, 0.1) is 18.0 Å². The number of rotatable bonds is 8. The van der Waals surface area contributed by atoms with E-state index in [1.807, 2.05) is 44.2 Å². The zero-order valence-electron chi connectivity index (χ0n) is 27.3. The third-order valence-electron chi connectivity index (χ3n) is 7.22. The van der Waals surface area contributed by atoms with Gasteiger partial charge in [0.25, 0.3) is 0 Å². The van der Waals surface area contributed by atoms with E-state index < -0.39 is 12.2 Å². The Morgan fingerprint density at radius 1 is 1.02 bits per heavy atom. The topological polar surface area (TPSA) is 82.0 Å². The first kappa shape index (κ1) is 39.7. The Kier molecular flexibility index (Phi) is 16.6. The first-order valence-electron chi connectivity index (χ1n) is 14.8. The Morgan fingerprint density at radius 3 is 1.87 bits per heavy atom. The van der Waals surface area contributed by atoms with Gasteiger partial charge < -0.3 is 15.4 Å². The highest BCUT2D eigenvalue weighted by Gasteiger charge is 2.48. The van der Waals surface area contributed by atoms with Gasteiger partial charge in [-0.3, -0.25) is 4.79 Å². The first-order valence-corrected chi connectivity index (χ1v) is 14.8. The van der Waals surface area contributed by atoms with Crippen LogP contribution in [0.4, 0.5) is 17.6 Å². The van der Waals surface area contributed by atoms with Crippen LogP contribution in [0, 0.1) is 42.3 Å². The number of nitrogens with one attached hydrogen (secondary N) is 2. The van der Waals surface area contributed by atoms with Crippen molar-refractivity contribution in [1.82, 2.24) is 10.6 Å². The van der Waals surface area contributed by atoms with Gasteiger partial charge in [-0.05, 0) is 86.7 Å². The average molecular weight is 638 g/mol. The normalized spacial score (nSPS) is 13.2. The van der Waals surface area contributed by atoms with E-state index in [4.69, 9.17) is 11.7 Å². The summed E-state index contributed by atoms with van der Waals surface area (Å²) in [4.78, 5) is 21.4. The lowest BCUT2D eigenvalue weighted by atomic mass is 9.90. The molecule has 1 atom stereocenters. The maximum absolute atomic E-state index is 13.0. The van der Waals surface area contributed by atoms with Crippen molar-refractivity contribution in [1.29, 1.82) is 5.26 Å². The van der Waals surface area contributed by atoms with Crippen LogP contribution in [-0.4, -0.2) is 38.9 Å². The molecule has 0 saturated heterocycles. The quantitative estimate of drug-likeness (QED) is 0.114. The molecule has 46 heavy (non-hydrogen) atoms. The average Bonchev–Trinajstić information content (AvgIpc) is 3.83. The number of hydrogen-bond acceptors (Lipinski definition) is 5. The highest BCUT2D eigenvalue weighted by Crippen LogP contribution is 2.49. The van der Waals surface area contributed by atoms with Gasteiger partial charge in [-0.25, -0.2) is 4.39 Å². The van der Waals surface area contributed by atoms with Crippen LogP contribution in [0.3, 0.4) is 0 Å². The number of ketones is 1. The standard InChI is InChI=1S/C20H20F3NO.C9H7F.C5H10O.C3H6N2/c1-13(25)19(11-12-19)17-9-7-15(8-10-17)14-3-5-16(6-4-14)18(24-2)20(21,22)23;1-3-8-5-4-7(2)9(10)6-8;1-5(2)3-4-6;1-5-3-2-4/h3-10,18,24H,11-12H2,1-2H3;1,4-6H,2H3;4-5H,3H2,1-2H3;5H,3H2,1H3. The van der Waals surface area contributed by atoms with Crippen LogP contribution in [0.5, 0.6) is 0 Å². The number of aryl methyl sites for hydroxylation is 1. The van der Waals surface area contributed by atoms with Crippen molar-refractivity contribution in [3.63, 3.8) is 0 Å². The minimum atomic E-state index is -4.33. The van der Waals surface area contributed by atoms with E-state index in [-0.39, 0.29) is 22.6 Å². The first-order chi connectivity index (χ1) is 21.7. The number of nitriles is 1. The number of benzene rings is 3. The molecule has 1 fully saturated rings. The molecular formula is C37H43F4N3O2. The Balaban J connectivity index is 0.000000411. The van der Waals surface area contributed by atoms with E-state index in [1.54, 1.807) is 45.2 Å². The van der Waals surface area contributed by atoms with Crippen molar-refractivity contribution in [2.75, 3.05) is 20.6 Å². The Bertz CT molecular complexity index is 1460. The van der Waals surface area contributed by atoms with Crippen LogP contribution >= 0.6 is 0 Å². The molecule has 3 aromatic rings. The molecule has 0 aromatic heterocycles. The number of carbonyl (C=O) groups excluding carboxylic acids is 2. The predicted molar refractivity (Wildman–Crippen MR) is 175 cm³/mol. The van der Waals surface area contributed by atoms with Crippen molar-refractivity contribution >= 4 is 12.1 Å². The fraction of sp³-hybridized carbons (Fsp3) is 0.378. The number of aldehydes is 1. The minimum absolute atomic E-state index is 0.184. The van der Waals surface area contributed by atoms with Crippen LogP contribution in [0.2, 0.25) is 0 Å². The maximum Gasteiger partial charge on any atom is 0.407 e. The van der Waals surface area contributed by atoms with Gasteiger partial charge in [0.2, 0.25) is 0 Å². The van der Waals surface area contributed by atoms with E-state index >= 15 is 0 Å². The van der Waals surface area contributed by atoms with Gasteiger partial charge in [-0.1, -0.05) is 74.4 Å². The fourth-order valence-corrected chi connectivity index (χ4v) is 4.29. The van der Waals surface area contributed by atoms with Gasteiger partial charge >= 0.3 is 6.18 Å². The van der Waals surface area contributed by atoms with Crippen molar-refractivity contribution in [2.45, 2.75) is 64.6 Å². The number of alkyl halides is 3. The van der Waals surface area contributed by atoms with Crippen LogP contribution < -0.4 is 10.6 Å². The molecular weight excluding hydrogens is 594 g/mol. The molecule has 0 heterocycles. The van der Waals surface area contributed by atoms with E-state index in [1.165, 1.54) is 25.2 Å². The zero-order valence-corrected chi connectivity index (χ0v) is 27.3. The molecule has 0 aliphatic heterocycles. The molecule has 0 radical (unpaired) electrons. The van der Waals surface area contributed by atoms with Gasteiger partial charge in [0.1, 0.15) is 23.9 Å². The van der Waals surface area contributed by atoms with E-state index in [9.17, 15) is 27.2 Å². The fourth-order valence-electron chi connectivity index (χ4n) is 4.29. The third kappa shape index (κ3) is 12.6. The van der Waals surface area contributed by atoms with E-state index in [2.05, 4.69) is 16.6 Å². The van der Waals surface area contributed by atoms with E-state index in [0.717, 1.165) is 35.8 Å². The summed E-state index contributed by atoms with van der Waals surface area (Å²) in [6.07, 6.45) is 4.14. The van der Waals surface area contributed by atoms with Crippen molar-refractivity contribution < 1.29 is 27.2 Å². The molecule has 3 aromatic carbocycles. The zero-order chi connectivity index (χ0) is 34.9. The summed E-state index contributed by atoms with van der Waals surface area (Å²) < 4.78 is 51.6. The summed E-state index contributed by atoms with van der Waals surface area (Å²) in [6, 6.07) is 19.1. The second-order valence-electron chi connectivity index (χ2n) is 11.2. The third-order valence-corrected chi connectivity index (χ3v) is 7.22. The molecule has 0 spiro atoms. The lowest BCUT2D eigenvalue weighted by Gasteiger charge is -2.20. The summed E-state index contributed by atoms with van der Waals surface area (Å²) in [7, 11) is 3.04. The molecule has 1 saturated carbocycles. The molecule has 246 valence electrons. The van der Waals surface area contributed by atoms with Gasteiger partial charge in [0, 0.05) is 12.0 Å². The lowest BCUT2D eigenvalue weighted by molar-refractivity contribution is -0.156. The highest BCUT2D eigenvalue weighted by molar-refractivity contribution is 5.91. The summed E-state index contributed by atoms with van der Waals surface area (Å²) in [5.41, 5.74) is 3.87. The lowest BCUT2D eigenvalue weighted by Crippen LogP contribution is -2.31. The van der Waals surface area contributed by atoms with Crippen LogP contribution in [-0.2, 0) is 15.0 Å². The number of nitrogens with zero attached hydrogens (tertiary/aromatic N) is 1. The predicted octanol–water partition coefficient (Wildman–Crippen LogP) is 7.87. The maximum atomic E-state index is 13.0. The van der Waals surface area contributed by atoms with Crippen molar-refractivity contribution in [2.24, 2.45) is 5.92 Å². The smallest absolute Gasteiger partial charge is 0.308 e. The monoisotopic (exact) mass is 637 g/mol. The molecule has 9 heteroatoms. The summed E-state index contributed by atoms with van der Waals surface area (Å²) >= 11 is 0. The van der Waals surface area contributed by atoms with Crippen molar-refractivity contribution in [3.05, 3.63) is 94.8 Å². The summed E-state index contributed by atoms with van der Waals surface area (Å²) in [5, 5.41) is 12.7. The number of carbonyl (C=O) groups is 2. The number of halogens is 4. The molecule has 5 nitrogen and oxygen atoms in total. The molecule has 0 bridgehead atoms. The summed E-state index contributed by atoms with van der Waals surface area (Å²) in [5.74, 6) is 2.83. The van der Waals surface area contributed by atoms with Crippen molar-refractivity contribution in [3.8, 4) is 29.5 Å². The Morgan fingerprint density at radius 2 is 1.57 bits per heavy atom. The summed E-state index contributed by atoms with van der Waals surface area (Å²) in [6.45, 7) is 7.82. The molecule has 0 amide bonds. The van der Waals surface area contributed by atoms with Crippen LogP contribution in [0.15, 0.2) is 66.7 Å². The molecule has 1 unspecified atom stereocenters. The SMILES string of the molecule is C#Cc1ccc(C)c(F)c1.CC(C)CC=O.CNC(c1ccc(-c2ccc(C3(C(C)=O)CC3)cc2)cc1)C(F)(F)F.CNCC#N. The largest absolute Gasteiger partial charge is 0.407 e. The van der Waals surface area contributed by atoms with Crippen LogP contribution in [0.25, 0.3) is 11.1 Å². The number of terminal acetylenes is 1. The Labute approximate surface area is 270 Å². The van der Waals surface area contributed by atoms with Gasteiger partial charge in [-0.2, -0.15) is 18.4 Å². The molecule has 4 rings (SSSR count). The second kappa shape index (κ2) is 19.3.